The zero-order valence-corrected chi connectivity index (χ0v) is 11.3. The zero-order valence-electron chi connectivity index (χ0n) is 10.5. The summed E-state index contributed by atoms with van der Waals surface area (Å²) in [7, 11) is 1.80. The van der Waals surface area contributed by atoms with Gasteiger partial charge in [-0.25, -0.2) is 0 Å². The number of benzene rings is 1. The second kappa shape index (κ2) is 4.67. The van der Waals surface area contributed by atoms with Crippen molar-refractivity contribution in [3.05, 3.63) is 29.3 Å². The number of likely N-dealkylation sites (N-methyl/N-ethyl adjacent to an activating group) is 1. The van der Waals surface area contributed by atoms with Crippen molar-refractivity contribution in [1.29, 1.82) is 0 Å². The predicted octanol–water partition coefficient (Wildman–Crippen LogP) is 2.18. The van der Waals surface area contributed by atoms with Crippen molar-refractivity contribution in [2.75, 3.05) is 11.9 Å². The molecule has 0 heterocycles. The molecule has 0 atom stereocenters. The minimum Gasteiger partial charge on any atom is -0.317 e. The van der Waals surface area contributed by atoms with Crippen LogP contribution in [0.4, 0.5) is 5.69 Å². The highest BCUT2D eigenvalue weighted by atomic mass is 35.5. The molecule has 1 aromatic carbocycles. The van der Waals surface area contributed by atoms with Crippen LogP contribution in [0.1, 0.15) is 24.0 Å². The largest absolute Gasteiger partial charge is 0.317 e. The summed E-state index contributed by atoms with van der Waals surface area (Å²) < 4.78 is 0. The summed E-state index contributed by atoms with van der Waals surface area (Å²) in [6.45, 7) is 4.06. The van der Waals surface area contributed by atoms with Crippen molar-refractivity contribution >= 4 is 24.0 Å². The molecule has 1 aliphatic carbocycles. The molecule has 1 amide bonds. The average molecular weight is 255 g/mol. The van der Waals surface area contributed by atoms with Gasteiger partial charge in [0, 0.05) is 12.7 Å². The summed E-state index contributed by atoms with van der Waals surface area (Å²) in [4.78, 5) is 13.7. The number of nitrogens with zero attached hydrogens (tertiary/aromatic N) is 1. The molecule has 0 aliphatic heterocycles. The van der Waals surface area contributed by atoms with Crippen molar-refractivity contribution in [2.24, 2.45) is 5.73 Å². The molecule has 0 aromatic heterocycles. The van der Waals surface area contributed by atoms with Gasteiger partial charge in [-0.2, -0.15) is 0 Å². The summed E-state index contributed by atoms with van der Waals surface area (Å²) >= 11 is 0. The molecular weight excluding hydrogens is 236 g/mol. The molecule has 2 N–H and O–H groups in total. The Kier molecular flexibility index (Phi) is 3.84. The van der Waals surface area contributed by atoms with Gasteiger partial charge in [-0.15, -0.1) is 12.4 Å². The van der Waals surface area contributed by atoms with Gasteiger partial charge in [0.1, 0.15) is 0 Å². The van der Waals surface area contributed by atoms with Crippen LogP contribution < -0.4 is 10.6 Å². The van der Waals surface area contributed by atoms with Gasteiger partial charge >= 0.3 is 0 Å². The Hall–Kier alpha value is -1.06. The third-order valence-corrected chi connectivity index (χ3v) is 3.11. The number of nitrogens with two attached hydrogens (primary N) is 1. The number of carbonyl (C=O) groups is 1. The van der Waals surface area contributed by atoms with Crippen LogP contribution in [0.25, 0.3) is 0 Å². The number of carbonyl (C=O) groups excluding carboxylic acids is 1. The maximum absolute atomic E-state index is 12.1. The first-order valence-electron chi connectivity index (χ1n) is 5.58. The van der Waals surface area contributed by atoms with Gasteiger partial charge in [-0.05, 0) is 49.9 Å². The van der Waals surface area contributed by atoms with E-state index in [4.69, 9.17) is 5.73 Å². The fourth-order valence-corrected chi connectivity index (χ4v) is 1.94. The van der Waals surface area contributed by atoms with E-state index in [9.17, 15) is 4.79 Å². The molecule has 1 aliphatic rings. The molecule has 0 radical (unpaired) electrons. The highest BCUT2D eigenvalue weighted by molar-refractivity contribution is 6.01. The van der Waals surface area contributed by atoms with Crippen LogP contribution in [0, 0.1) is 13.8 Å². The molecule has 4 heteroatoms. The second-order valence-corrected chi connectivity index (χ2v) is 4.87. The first-order chi connectivity index (χ1) is 7.42. The lowest BCUT2D eigenvalue weighted by molar-refractivity contribution is -0.120. The Bertz CT molecular complexity index is 421. The molecule has 94 valence electrons. The molecule has 2 rings (SSSR count). The zero-order chi connectivity index (χ0) is 11.9. The molecule has 1 fully saturated rings. The SMILES string of the molecule is Cc1cc(C)cc(N(C)C(=O)C2(N)CC2)c1.Cl. The van der Waals surface area contributed by atoms with E-state index < -0.39 is 5.54 Å². The fourth-order valence-electron chi connectivity index (χ4n) is 1.94. The van der Waals surface area contributed by atoms with E-state index in [1.165, 1.54) is 0 Å². The lowest BCUT2D eigenvalue weighted by Crippen LogP contribution is -2.43. The van der Waals surface area contributed by atoms with Crippen molar-refractivity contribution in [1.82, 2.24) is 0 Å². The van der Waals surface area contributed by atoms with E-state index in [-0.39, 0.29) is 18.3 Å². The smallest absolute Gasteiger partial charge is 0.246 e. The van der Waals surface area contributed by atoms with Crippen LogP contribution in [0.5, 0.6) is 0 Å². The Morgan fingerprint density at radius 1 is 1.24 bits per heavy atom. The summed E-state index contributed by atoms with van der Waals surface area (Å²) in [5, 5.41) is 0. The number of halogens is 1. The highest BCUT2D eigenvalue weighted by Crippen LogP contribution is 2.35. The van der Waals surface area contributed by atoms with E-state index >= 15 is 0 Å². The van der Waals surface area contributed by atoms with Crippen molar-refractivity contribution in [3.63, 3.8) is 0 Å². The molecule has 0 saturated heterocycles. The Morgan fingerprint density at radius 2 is 1.71 bits per heavy atom. The summed E-state index contributed by atoms with van der Waals surface area (Å²) in [6, 6.07) is 6.12. The molecule has 1 saturated carbocycles. The van der Waals surface area contributed by atoms with Gasteiger partial charge in [0.2, 0.25) is 5.91 Å². The quantitative estimate of drug-likeness (QED) is 0.879. The number of hydrogen-bond acceptors (Lipinski definition) is 2. The first kappa shape index (κ1) is 14.0. The van der Waals surface area contributed by atoms with Gasteiger partial charge in [0.25, 0.3) is 0 Å². The molecule has 17 heavy (non-hydrogen) atoms. The molecule has 1 aromatic rings. The number of rotatable bonds is 2. The molecule has 0 bridgehead atoms. The number of anilines is 1. The Labute approximate surface area is 108 Å². The Balaban J connectivity index is 0.00000144. The summed E-state index contributed by atoms with van der Waals surface area (Å²) in [5.74, 6) is 0.0255. The van der Waals surface area contributed by atoms with Crippen LogP contribution in [-0.4, -0.2) is 18.5 Å². The predicted molar refractivity (Wildman–Crippen MR) is 72.7 cm³/mol. The number of aryl methyl sites for hydroxylation is 2. The summed E-state index contributed by atoms with van der Waals surface area (Å²) in [6.07, 6.45) is 1.61. The van der Waals surface area contributed by atoms with E-state index in [2.05, 4.69) is 6.07 Å². The van der Waals surface area contributed by atoms with Gasteiger partial charge in [0.15, 0.2) is 0 Å². The standard InChI is InChI=1S/C13H18N2O.ClH/c1-9-6-10(2)8-11(7-9)15(3)12(16)13(14)4-5-13;/h6-8H,4-5,14H2,1-3H3;1H. The van der Waals surface area contributed by atoms with Crippen LogP contribution in [-0.2, 0) is 4.79 Å². The third kappa shape index (κ3) is 2.79. The van der Waals surface area contributed by atoms with E-state index in [0.717, 1.165) is 29.7 Å². The van der Waals surface area contributed by atoms with Gasteiger partial charge in [0.05, 0.1) is 5.54 Å². The lowest BCUT2D eigenvalue weighted by Gasteiger charge is -2.21. The lowest BCUT2D eigenvalue weighted by atomic mass is 10.1. The van der Waals surface area contributed by atoms with Crippen LogP contribution in [0.3, 0.4) is 0 Å². The average Bonchev–Trinajstić information content (AvgIpc) is 2.94. The maximum atomic E-state index is 12.1. The first-order valence-corrected chi connectivity index (χ1v) is 5.58. The number of amides is 1. The molecular formula is C13H19ClN2O. The normalized spacial score (nSPS) is 16.0. The van der Waals surface area contributed by atoms with Gasteiger partial charge in [-0.3, -0.25) is 4.79 Å². The number of hydrogen-bond donors (Lipinski definition) is 1. The molecule has 0 unspecified atom stereocenters. The van der Waals surface area contributed by atoms with Gasteiger partial charge in [-0.1, -0.05) is 6.07 Å². The minimum absolute atomic E-state index is 0. The van der Waals surface area contributed by atoms with Gasteiger partial charge < -0.3 is 10.6 Å². The van der Waals surface area contributed by atoms with Crippen molar-refractivity contribution in [2.45, 2.75) is 32.2 Å². The topological polar surface area (TPSA) is 46.3 Å². The second-order valence-electron chi connectivity index (χ2n) is 4.87. The van der Waals surface area contributed by atoms with Crippen LogP contribution >= 0.6 is 12.4 Å². The Morgan fingerprint density at radius 3 is 2.12 bits per heavy atom. The van der Waals surface area contributed by atoms with Crippen molar-refractivity contribution in [3.8, 4) is 0 Å². The minimum atomic E-state index is -0.591. The molecule has 0 spiro atoms. The summed E-state index contributed by atoms with van der Waals surface area (Å²) in [5.41, 5.74) is 8.58. The van der Waals surface area contributed by atoms with E-state index in [1.54, 1.807) is 11.9 Å². The third-order valence-electron chi connectivity index (χ3n) is 3.11. The fraction of sp³-hybridized carbons (Fsp3) is 0.462. The highest BCUT2D eigenvalue weighted by Gasteiger charge is 2.47. The van der Waals surface area contributed by atoms with E-state index in [1.807, 2.05) is 26.0 Å². The maximum Gasteiger partial charge on any atom is 0.246 e. The van der Waals surface area contributed by atoms with Crippen LogP contribution in [0.15, 0.2) is 18.2 Å². The monoisotopic (exact) mass is 254 g/mol. The van der Waals surface area contributed by atoms with Crippen LogP contribution in [0.2, 0.25) is 0 Å². The van der Waals surface area contributed by atoms with Crippen molar-refractivity contribution < 1.29 is 4.79 Å². The molecule has 3 nitrogen and oxygen atoms in total. The van der Waals surface area contributed by atoms with E-state index in [0.29, 0.717) is 0 Å².